The Morgan fingerprint density at radius 2 is 1.68 bits per heavy atom. The van der Waals surface area contributed by atoms with Gasteiger partial charge in [0.2, 0.25) is 5.91 Å². The molecule has 1 aromatic rings. The van der Waals surface area contributed by atoms with Crippen LogP contribution in [0.4, 0.5) is 0 Å². The van der Waals surface area contributed by atoms with E-state index < -0.39 is 0 Å². The summed E-state index contributed by atoms with van der Waals surface area (Å²) in [6, 6.07) is 3.71. The van der Waals surface area contributed by atoms with Crippen molar-refractivity contribution in [2.45, 2.75) is 44.6 Å². The molecule has 1 aromatic heterocycles. The van der Waals surface area contributed by atoms with Gasteiger partial charge in [0.05, 0.1) is 0 Å². The second-order valence-electron chi connectivity index (χ2n) is 6.29. The van der Waals surface area contributed by atoms with Crippen molar-refractivity contribution in [2.75, 3.05) is 13.1 Å². The van der Waals surface area contributed by atoms with Crippen molar-refractivity contribution < 1.29 is 9.59 Å². The lowest BCUT2D eigenvalue weighted by Gasteiger charge is -2.33. The van der Waals surface area contributed by atoms with Crippen molar-refractivity contribution in [1.82, 2.24) is 15.2 Å². The first kappa shape index (κ1) is 15.0. The Kier molecular flexibility index (Phi) is 4.71. The van der Waals surface area contributed by atoms with Crippen LogP contribution in [0.1, 0.15) is 48.9 Å². The van der Waals surface area contributed by atoms with Crippen LogP contribution in [0, 0.1) is 5.92 Å². The van der Waals surface area contributed by atoms with Crippen LogP contribution in [0.15, 0.2) is 24.5 Å². The molecule has 5 nitrogen and oxygen atoms in total. The molecular weight excluding hydrogens is 278 g/mol. The van der Waals surface area contributed by atoms with Crippen LogP contribution in [0.25, 0.3) is 0 Å². The number of hydrogen-bond donors (Lipinski definition) is 1. The molecule has 3 rings (SSSR count). The number of nitrogens with zero attached hydrogens (tertiary/aromatic N) is 2. The molecule has 5 heteroatoms. The molecule has 0 bridgehead atoms. The zero-order valence-electron chi connectivity index (χ0n) is 12.8. The first-order valence-electron chi connectivity index (χ1n) is 8.24. The average molecular weight is 301 g/mol. The number of carbonyl (C=O) groups excluding carboxylic acids is 2. The highest BCUT2D eigenvalue weighted by Gasteiger charge is 2.28. The maximum Gasteiger partial charge on any atom is 0.253 e. The summed E-state index contributed by atoms with van der Waals surface area (Å²) in [5.74, 6) is 0.496. The van der Waals surface area contributed by atoms with Crippen LogP contribution in [0.3, 0.4) is 0 Å². The molecule has 0 atom stereocenters. The van der Waals surface area contributed by atoms with Gasteiger partial charge in [0.1, 0.15) is 0 Å². The van der Waals surface area contributed by atoms with Crippen molar-refractivity contribution in [2.24, 2.45) is 5.92 Å². The fourth-order valence-corrected chi connectivity index (χ4v) is 3.41. The lowest BCUT2D eigenvalue weighted by molar-refractivity contribution is -0.125. The lowest BCUT2D eigenvalue weighted by Crippen LogP contribution is -2.47. The van der Waals surface area contributed by atoms with E-state index in [1.807, 2.05) is 4.90 Å². The van der Waals surface area contributed by atoms with Crippen molar-refractivity contribution in [3.8, 4) is 0 Å². The van der Waals surface area contributed by atoms with Gasteiger partial charge in [-0.1, -0.05) is 12.8 Å². The van der Waals surface area contributed by atoms with E-state index in [0.717, 1.165) is 25.7 Å². The number of carbonyl (C=O) groups is 2. The zero-order valence-corrected chi connectivity index (χ0v) is 12.8. The topological polar surface area (TPSA) is 62.3 Å². The highest BCUT2D eigenvalue weighted by molar-refractivity contribution is 5.94. The van der Waals surface area contributed by atoms with Gasteiger partial charge in [-0.2, -0.15) is 0 Å². The van der Waals surface area contributed by atoms with Crippen molar-refractivity contribution in [1.29, 1.82) is 0 Å². The smallest absolute Gasteiger partial charge is 0.253 e. The molecule has 2 amide bonds. The van der Waals surface area contributed by atoms with Gasteiger partial charge < -0.3 is 10.2 Å². The second kappa shape index (κ2) is 6.90. The van der Waals surface area contributed by atoms with Gasteiger partial charge in [-0.3, -0.25) is 14.6 Å². The Morgan fingerprint density at radius 1 is 1.05 bits per heavy atom. The summed E-state index contributed by atoms with van der Waals surface area (Å²) in [5.41, 5.74) is 0.684. The third-order valence-corrected chi connectivity index (χ3v) is 4.78. The summed E-state index contributed by atoms with van der Waals surface area (Å²) in [7, 11) is 0. The van der Waals surface area contributed by atoms with E-state index in [-0.39, 0.29) is 23.8 Å². The van der Waals surface area contributed by atoms with Crippen LogP contribution in [0.2, 0.25) is 0 Å². The summed E-state index contributed by atoms with van der Waals surface area (Å²) < 4.78 is 0. The molecule has 1 aliphatic carbocycles. The van der Waals surface area contributed by atoms with Gasteiger partial charge in [-0.25, -0.2) is 0 Å². The maximum absolute atomic E-state index is 12.3. The van der Waals surface area contributed by atoms with E-state index in [1.54, 1.807) is 24.5 Å². The van der Waals surface area contributed by atoms with Crippen molar-refractivity contribution in [3.63, 3.8) is 0 Å². The minimum Gasteiger partial charge on any atom is -0.353 e. The van der Waals surface area contributed by atoms with Gasteiger partial charge in [0.15, 0.2) is 0 Å². The van der Waals surface area contributed by atoms with Gasteiger partial charge in [-0.15, -0.1) is 0 Å². The predicted octanol–water partition coefficient (Wildman–Crippen LogP) is 1.99. The van der Waals surface area contributed by atoms with Crippen molar-refractivity contribution in [3.05, 3.63) is 30.1 Å². The molecule has 22 heavy (non-hydrogen) atoms. The van der Waals surface area contributed by atoms with Crippen LogP contribution in [-0.2, 0) is 4.79 Å². The van der Waals surface area contributed by atoms with E-state index in [2.05, 4.69) is 10.3 Å². The largest absolute Gasteiger partial charge is 0.353 e. The first-order chi connectivity index (χ1) is 10.7. The quantitative estimate of drug-likeness (QED) is 0.928. The number of nitrogens with one attached hydrogen (secondary N) is 1. The highest BCUT2D eigenvalue weighted by atomic mass is 16.2. The zero-order chi connectivity index (χ0) is 15.4. The summed E-state index contributed by atoms with van der Waals surface area (Å²) in [4.78, 5) is 30.3. The Balaban J connectivity index is 1.48. The summed E-state index contributed by atoms with van der Waals surface area (Å²) in [5, 5.41) is 3.17. The Bertz CT molecular complexity index is 518. The molecule has 2 aliphatic rings. The van der Waals surface area contributed by atoms with Crippen LogP contribution < -0.4 is 5.32 Å². The molecular formula is C17H23N3O2. The molecule has 1 N–H and O–H groups in total. The van der Waals surface area contributed by atoms with Crippen LogP contribution in [0.5, 0.6) is 0 Å². The van der Waals surface area contributed by atoms with E-state index >= 15 is 0 Å². The molecule has 1 saturated carbocycles. The predicted molar refractivity (Wildman–Crippen MR) is 83.3 cm³/mol. The molecule has 0 aromatic carbocycles. The van der Waals surface area contributed by atoms with Gasteiger partial charge in [0.25, 0.3) is 5.91 Å². The number of pyridine rings is 1. The molecule has 0 radical (unpaired) electrons. The number of aromatic nitrogens is 1. The second-order valence-corrected chi connectivity index (χ2v) is 6.29. The fourth-order valence-electron chi connectivity index (χ4n) is 3.41. The highest BCUT2D eigenvalue weighted by Crippen LogP contribution is 2.25. The third kappa shape index (κ3) is 3.46. The number of likely N-dealkylation sites (tertiary alicyclic amines) is 1. The Morgan fingerprint density at radius 3 is 2.32 bits per heavy atom. The molecule has 0 spiro atoms. The number of rotatable bonds is 3. The van der Waals surface area contributed by atoms with Gasteiger partial charge in [-0.05, 0) is 37.8 Å². The van der Waals surface area contributed by atoms with E-state index in [4.69, 9.17) is 0 Å². The molecule has 1 aliphatic heterocycles. The van der Waals surface area contributed by atoms with Crippen LogP contribution in [-0.4, -0.2) is 40.8 Å². The average Bonchev–Trinajstić information content (AvgIpc) is 3.10. The van der Waals surface area contributed by atoms with Crippen LogP contribution >= 0.6 is 0 Å². The minimum atomic E-state index is 0.0583. The summed E-state index contributed by atoms with van der Waals surface area (Å²) in [6.45, 7) is 1.41. The molecule has 0 unspecified atom stereocenters. The van der Waals surface area contributed by atoms with E-state index in [0.29, 0.717) is 18.7 Å². The number of hydrogen-bond acceptors (Lipinski definition) is 3. The van der Waals surface area contributed by atoms with Crippen molar-refractivity contribution >= 4 is 11.8 Å². The monoisotopic (exact) mass is 301 g/mol. The first-order valence-corrected chi connectivity index (χ1v) is 8.24. The summed E-state index contributed by atoms with van der Waals surface area (Å²) in [6.07, 6.45) is 9.39. The minimum absolute atomic E-state index is 0.0583. The maximum atomic E-state index is 12.3. The van der Waals surface area contributed by atoms with E-state index in [1.165, 1.54) is 12.8 Å². The fraction of sp³-hybridized carbons (Fsp3) is 0.588. The molecule has 2 heterocycles. The Labute approximate surface area is 131 Å². The lowest BCUT2D eigenvalue weighted by atomic mass is 10.0. The Hall–Kier alpha value is -1.91. The summed E-state index contributed by atoms with van der Waals surface area (Å²) >= 11 is 0. The van der Waals surface area contributed by atoms with Gasteiger partial charge >= 0.3 is 0 Å². The SMILES string of the molecule is O=C(NC1CCN(C(=O)c2ccncc2)CC1)C1CCCC1. The standard InChI is InChI=1S/C17H23N3O2/c21-16(13-3-1-2-4-13)19-15-7-11-20(12-8-15)17(22)14-5-9-18-10-6-14/h5-6,9-10,13,15H,1-4,7-8,11-12H2,(H,19,21). The third-order valence-electron chi connectivity index (χ3n) is 4.78. The van der Waals surface area contributed by atoms with E-state index in [9.17, 15) is 9.59 Å². The molecule has 2 fully saturated rings. The normalized spacial score (nSPS) is 20.1. The number of amides is 2. The van der Waals surface area contributed by atoms with Gasteiger partial charge in [0, 0.05) is 43.0 Å². The molecule has 118 valence electrons. The number of piperidine rings is 1. The molecule has 1 saturated heterocycles.